The van der Waals surface area contributed by atoms with E-state index < -0.39 is 0 Å². The number of allylic oxidation sites excluding steroid dienone is 1. The zero-order chi connectivity index (χ0) is 20.7. The molecule has 0 radical (unpaired) electrons. The Morgan fingerprint density at radius 1 is 1.10 bits per heavy atom. The van der Waals surface area contributed by atoms with Crippen molar-refractivity contribution in [3.05, 3.63) is 94.3 Å². The summed E-state index contributed by atoms with van der Waals surface area (Å²) in [5.74, 6) is 0.440. The zero-order valence-electron chi connectivity index (χ0n) is 15.6. The van der Waals surface area contributed by atoms with Crippen molar-refractivity contribution in [3.63, 3.8) is 0 Å². The zero-order valence-corrected chi connectivity index (χ0v) is 17.2. The van der Waals surface area contributed by atoms with Crippen molar-refractivity contribution >= 4 is 34.4 Å². The summed E-state index contributed by atoms with van der Waals surface area (Å²) in [6, 6.07) is 23.4. The van der Waals surface area contributed by atoms with Gasteiger partial charge in [0.1, 0.15) is 17.4 Å². The van der Waals surface area contributed by atoms with E-state index in [-0.39, 0.29) is 11.8 Å². The van der Waals surface area contributed by atoms with Crippen LogP contribution in [0.2, 0.25) is 5.02 Å². The summed E-state index contributed by atoms with van der Waals surface area (Å²) < 4.78 is 5.74. The Kier molecular flexibility index (Phi) is 4.62. The average molecular weight is 431 g/mol. The lowest BCUT2D eigenvalue weighted by Crippen LogP contribution is -2.21. The number of nitrogens with zero attached hydrogens (tertiary/aromatic N) is 2. The third kappa shape index (κ3) is 3.28. The van der Waals surface area contributed by atoms with E-state index in [4.69, 9.17) is 22.1 Å². The molecular weight excluding hydrogens is 416 g/mol. The second-order valence-electron chi connectivity index (χ2n) is 6.84. The number of fused-ring (bicyclic) bond motifs is 2. The average Bonchev–Trinajstić information content (AvgIpc) is 3.16. The number of halogens is 1. The van der Waals surface area contributed by atoms with Crippen LogP contribution in [-0.4, -0.2) is 9.97 Å². The Labute approximate surface area is 182 Å². The summed E-state index contributed by atoms with van der Waals surface area (Å²) >= 11 is 7.58. The topological polar surface area (TPSA) is 87.7 Å². The van der Waals surface area contributed by atoms with Gasteiger partial charge in [-0.2, -0.15) is 5.26 Å². The molecule has 0 fully saturated rings. The van der Waals surface area contributed by atoms with Crippen LogP contribution in [0.4, 0.5) is 0 Å². The quantitative estimate of drug-likeness (QED) is 0.442. The van der Waals surface area contributed by atoms with Gasteiger partial charge in [-0.15, -0.1) is 0 Å². The fourth-order valence-electron chi connectivity index (χ4n) is 3.59. The van der Waals surface area contributed by atoms with E-state index in [0.29, 0.717) is 16.3 Å². The minimum atomic E-state index is -0.327. The number of H-pyrrole nitrogens is 1. The molecule has 1 aromatic heterocycles. The molecule has 0 saturated carbocycles. The molecule has 30 heavy (non-hydrogen) atoms. The number of aromatic nitrogens is 2. The predicted molar refractivity (Wildman–Crippen MR) is 117 cm³/mol. The minimum absolute atomic E-state index is 0.127. The van der Waals surface area contributed by atoms with Gasteiger partial charge in [0, 0.05) is 15.5 Å². The fourth-order valence-corrected chi connectivity index (χ4v) is 4.57. The van der Waals surface area contributed by atoms with Gasteiger partial charge in [-0.25, -0.2) is 4.98 Å². The van der Waals surface area contributed by atoms with Crippen LogP contribution >= 0.6 is 23.4 Å². The van der Waals surface area contributed by atoms with Gasteiger partial charge in [0.15, 0.2) is 5.16 Å². The van der Waals surface area contributed by atoms with Crippen LogP contribution < -0.4 is 10.5 Å². The molecular formula is C23H15ClN4OS. The van der Waals surface area contributed by atoms with Crippen molar-refractivity contribution in [2.75, 3.05) is 0 Å². The van der Waals surface area contributed by atoms with E-state index in [0.717, 1.165) is 32.2 Å². The smallest absolute Gasteiger partial charge is 0.205 e. The molecule has 5 rings (SSSR count). The second kappa shape index (κ2) is 7.45. The molecule has 1 aliphatic rings. The van der Waals surface area contributed by atoms with Crippen LogP contribution in [0.25, 0.3) is 11.0 Å². The molecule has 0 aliphatic carbocycles. The summed E-state index contributed by atoms with van der Waals surface area (Å²) in [4.78, 5) is 8.93. The lowest BCUT2D eigenvalue weighted by atomic mass is 9.83. The molecule has 0 spiro atoms. The molecule has 1 atom stereocenters. The number of nitriles is 1. The van der Waals surface area contributed by atoms with Gasteiger partial charge in [0.05, 0.1) is 17.0 Å². The Bertz CT molecular complexity index is 1300. The Morgan fingerprint density at radius 3 is 2.67 bits per heavy atom. The largest absolute Gasteiger partial charge is 0.440 e. The van der Waals surface area contributed by atoms with Gasteiger partial charge in [-0.05, 0) is 48.0 Å². The number of imidazole rings is 1. The van der Waals surface area contributed by atoms with Crippen molar-refractivity contribution in [3.8, 4) is 11.8 Å². The lowest BCUT2D eigenvalue weighted by molar-refractivity contribution is 0.393. The molecule has 5 nitrogen and oxygen atoms in total. The number of nitrogens with two attached hydrogens (primary N) is 1. The number of para-hydroxylation sites is 2. The minimum Gasteiger partial charge on any atom is -0.440 e. The van der Waals surface area contributed by atoms with Gasteiger partial charge >= 0.3 is 0 Å². The highest BCUT2D eigenvalue weighted by molar-refractivity contribution is 7.99. The summed E-state index contributed by atoms with van der Waals surface area (Å²) in [5, 5.41) is 11.2. The maximum atomic E-state index is 9.74. The van der Waals surface area contributed by atoms with Crippen LogP contribution in [0.1, 0.15) is 17.0 Å². The van der Waals surface area contributed by atoms with Crippen molar-refractivity contribution in [1.29, 1.82) is 5.26 Å². The lowest BCUT2D eigenvalue weighted by Gasteiger charge is -2.26. The first-order chi connectivity index (χ1) is 14.6. The number of nitrogens with one attached hydrogen (secondary N) is 1. The van der Waals surface area contributed by atoms with Crippen molar-refractivity contribution in [2.24, 2.45) is 5.73 Å². The molecule has 0 amide bonds. The molecule has 146 valence electrons. The standard InChI is InChI=1S/C23H15ClN4OS/c24-14-7-5-13(6-8-14)21-16-11-15(9-10-20(16)29-22(26)17(21)12-25)30-23-27-18-3-1-2-4-19(18)28-23/h1-11,21H,26H2,(H,27,28). The van der Waals surface area contributed by atoms with Crippen LogP contribution in [0.3, 0.4) is 0 Å². The molecule has 3 N–H and O–H groups in total. The number of aromatic amines is 1. The monoisotopic (exact) mass is 430 g/mol. The number of hydrogen-bond acceptors (Lipinski definition) is 5. The maximum Gasteiger partial charge on any atom is 0.205 e. The van der Waals surface area contributed by atoms with Gasteiger partial charge in [0.2, 0.25) is 5.88 Å². The van der Waals surface area contributed by atoms with Gasteiger partial charge in [-0.1, -0.05) is 47.6 Å². The Morgan fingerprint density at radius 2 is 1.90 bits per heavy atom. The van der Waals surface area contributed by atoms with Crippen LogP contribution in [0, 0.1) is 11.3 Å². The molecule has 3 aromatic carbocycles. The van der Waals surface area contributed by atoms with E-state index in [9.17, 15) is 5.26 Å². The van der Waals surface area contributed by atoms with Crippen LogP contribution in [-0.2, 0) is 0 Å². The normalized spacial score (nSPS) is 15.5. The SMILES string of the molecule is N#CC1=C(N)Oc2ccc(Sc3nc4ccccc4[nH]3)cc2C1c1ccc(Cl)cc1. The third-order valence-corrected chi connectivity index (χ3v) is 6.10. The Hall–Kier alpha value is -3.40. The van der Waals surface area contributed by atoms with E-state index in [1.807, 2.05) is 66.7 Å². The molecule has 2 heterocycles. The number of benzene rings is 3. The summed E-state index contributed by atoms with van der Waals surface area (Å²) in [6.07, 6.45) is 0. The molecule has 1 aliphatic heterocycles. The van der Waals surface area contributed by atoms with Crippen LogP contribution in [0.15, 0.2) is 88.2 Å². The molecule has 0 bridgehead atoms. The van der Waals surface area contributed by atoms with Crippen molar-refractivity contribution < 1.29 is 4.74 Å². The third-order valence-electron chi connectivity index (χ3n) is 4.97. The van der Waals surface area contributed by atoms with Gasteiger partial charge in [-0.3, -0.25) is 0 Å². The van der Waals surface area contributed by atoms with Gasteiger partial charge in [0.25, 0.3) is 0 Å². The summed E-state index contributed by atoms with van der Waals surface area (Å²) in [5.41, 5.74) is 10.2. The second-order valence-corrected chi connectivity index (χ2v) is 8.34. The maximum absolute atomic E-state index is 9.74. The number of ether oxygens (including phenoxy) is 1. The fraction of sp³-hybridized carbons (Fsp3) is 0.0435. The number of rotatable bonds is 3. The van der Waals surface area contributed by atoms with Crippen LogP contribution in [0.5, 0.6) is 5.75 Å². The number of hydrogen-bond donors (Lipinski definition) is 2. The highest BCUT2D eigenvalue weighted by atomic mass is 35.5. The molecule has 7 heteroatoms. The molecule has 0 saturated heterocycles. The Balaban J connectivity index is 1.57. The first-order valence-electron chi connectivity index (χ1n) is 9.22. The van der Waals surface area contributed by atoms with Crippen molar-refractivity contribution in [2.45, 2.75) is 16.0 Å². The highest BCUT2D eigenvalue weighted by Crippen LogP contribution is 2.44. The molecule has 1 unspecified atom stereocenters. The first kappa shape index (κ1) is 18.6. The first-order valence-corrected chi connectivity index (χ1v) is 10.4. The summed E-state index contributed by atoms with van der Waals surface area (Å²) in [6.45, 7) is 0. The van der Waals surface area contributed by atoms with E-state index >= 15 is 0 Å². The van der Waals surface area contributed by atoms with Gasteiger partial charge < -0.3 is 15.5 Å². The van der Waals surface area contributed by atoms with E-state index in [2.05, 4.69) is 16.0 Å². The summed E-state index contributed by atoms with van der Waals surface area (Å²) in [7, 11) is 0. The van der Waals surface area contributed by atoms with E-state index in [1.54, 1.807) is 0 Å². The molecule has 4 aromatic rings. The predicted octanol–water partition coefficient (Wildman–Crippen LogP) is 5.59. The highest BCUT2D eigenvalue weighted by Gasteiger charge is 2.31. The van der Waals surface area contributed by atoms with E-state index in [1.165, 1.54) is 11.8 Å². The van der Waals surface area contributed by atoms with Crippen molar-refractivity contribution in [1.82, 2.24) is 9.97 Å².